The van der Waals surface area contributed by atoms with Crippen molar-refractivity contribution in [1.29, 1.82) is 0 Å². The van der Waals surface area contributed by atoms with E-state index in [9.17, 15) is 4.39 Å². The van der Waals surface area contributed by atoms with Crippen LogP contribution in [-0.4, -0.2) is 12.7 Å². The maximum Gasteiger partial charge on any atom is 0.131 e. The van der Waals surface area contributed by atoms with E-state index in [4.69, 9.17) is 10.5 Å². The minimum atomic E-state index is -0.193. The van der Waals surface area contributed by atoms with Crippen molar-refractivity contribution in [1.82, 2.24) is 0 Å². The van der Waals surface area contributed by atoms with Crippen LogP contribution in [-0.2, 0) is 4.74 Å². The Hall–Kier alpha value is -1.45. The fourth-order valence-electron chi connectivity index (χ4n) is 3.18. The molecule has 3 heteroatoms. The summed E-state index contributed by atoms with van der Waals surface area (Å²) < 4.78 is 19.5. The van der Waals surface area contributed by atoms with Gasteiger partial charge in [0, 0.05) is 18.5 Å². The summed E-state index contributed by atoms with van der Waals surface area (Å²) in [5, 5.41) is 1.55. The molecule has 0 radical (unpaired) electrons. The molecule has 0 spiro atoms. The monoisotopic (exact) mass is 273 g/mol. The third kappa shape index (κ3) is 2.21. The van der Waals surface area contributed by atoms with Crippen molar-refractivity contribution in [2.75, 3.05) is 7.11 Å². The standard InChI is InChI=1S/C17H20FNO/c1-20-17(9-4-10-17)11-16(19)14-7-8-15(18)13-6-3-2-5-12(13)14/h2-3,5-8,16H,4,9-11,19H2,1H3. The van der Waals surface area contributed by atoms with E-state index < -0.39 is 0 Å². The van der Waals surface area contributed by atoms with Crippen LogP contribution in [0.1, 0.15) is 37.3 Å². The molecule has 0 aliphatic heterocycles. The number of halogens is 1. The fourth-order valence-corrected chi connectivity index (χ4v) is 3.18. The molecule has 1 fully saturated rings. The average Bonchev–Trinajstić information content (AvgIpc) is 2.43. The average molecular weight is 273 g/mol. The maximum atomic E-state index is 13.8. The molecular formula is C17H20FNO. The first-order valence-electron chi connectivity index (χ1n) is 7.13. The van der Waals surface area contributed by atoms with Crippen molar-refractivity contribution in [2.24, 2.45) is 5.73 Å². The fraction of sp³-hybridized carbons (Fsp3) is 0.412. The second kappa shape index (κ2) is 5.15. The summed E-state index contributed by atoms with van der Waals surface area (Å²) in [6.07, 6.45) is 4.12. The first kappa shape index (κ1) is 13.5. The van der Waals surface area contributed by atoms with Crippen LogP contribution in [0.5, 0.6) is 0 Å². The van der Waals surface area contributed by atoms with Gasteiger partial charge in [0.05, 0.1) is 5.60 Å². The number of benzene rings is 2. The minimum absolute atomic E-state index is 0.0745. The normalized spacial score (nSPS) is 18.8. The molecule has 2 N–H and O–H groups in total. The molecule has 0 aromatic heterocycles. The zero-order valence-electron chi connectivity index (χ0n) is 11.7. The summed E-state index contributed by atoms with van der Waals surface area (Å²) in [6, 6.07) is 10.7. The van der Waals surface area contributed by atoms with Gasteiger partial charge in [-0.2, -0.15) is 0 Å². The predicted octanol–water partition coefficient (Wildman–Crippen LogP) is 3.94. The zero-order valence-corrected chi connectivity index (χ0v) is 11.7. The Morgan fingerprint density at radius 3 is 2.50 bits per heavy atom. The van der Waals surface area contributed by atoms with Crippen LogP contribution in [0.15, 0.2) is 36.4 Å². The quantitative estimate of drug-likeness (QED) is 0.915. The molecule has 20 heavy (non-hydrogen) atoms. The number of ether oxygens (including phenoxy) is 1. The number of nitrogens with two attached hydrogens (primary N) is 1. The van der Waals surface area contributed by atoms with Crippen molar-refractivity contribution < 1.29 is 9.13 Å². The summed E-state index contributed by atoms with van der Waals surface area (Å²) in [5.41, 5.74) is 7.31. The van der Waals surface area contributed by atoms with Gasteiger partial charge in [-0.05, 0) is 42.7 Å². The first-order chi connectivity index (χ1) is 9.65. The highest BCUT2D eigenvalue weighted by Crippen LogP contribution is 2.42. The lowest BCUT2D eigenvalue weighted by Gasteiger charge is -2.42. The van der Waals surface area contributed by atoms with Crippen LogP contribution in [0.3, 0.4) is 0 Å². The van der Waals surface area contributed by atoms with Crippen LogP contribution in [0, 0.1) is 5.82 Å². The van der Waals surface area contributed by atoms with Crippen molar-refractivity contribution in [3.63, 3.8) is 0 Å². The molecule has 1 atom stereocenters. The van der Waals surface area contributed by atoms with E-state index in [2.05, 4.69) is 0 Å². The van der Waals surface area contributed by atoms with Gasteiger partial charge in [0.2, 0.25) is 0 Å². The second-order valence-electron chi connectivity index (χ2n) is 5.73. The Morgan fingerprint density at radius 1 is 1.20 bits per heavy atom. The Balaban J connectivity index is 1.95. The Labute approximate surface area is 118 Å². The van der Waals surface area contributed by atoms with Crippen molar-refractivity contribution >= 4 is 10.8 Å². The van der Waals surface area contributed by atoms with Crippen molar-refractivity contribution in [2.45, 2.75) is 37.3 Å². The van der Waals surface area contributed by atoms with Gasteiger partial charge >= 0.3 is 0 Å². The molecule has 2 nitrogen and oxygen atoms in total. The molecule has 0 heterocycles. The molecular weight excluding hydrogens is 253 g/mol. The van der Waals surface area contributed by atoms with Gasteiger partial charge in [-0.15, -0.1) is 0 Å². The number of methoxy groups -OCH3 is 1. The summed E-state index contributed by atoms with van der Waals surface area (Å²) in [4.78, 5) is 0. The SMILES string of the molecule is COC1(CC(N)c2ccc(F)c3ccccc23)CCC1. The van der Waals surface area contributed by atoms with Crippen molar-refractivity contribution in [3.8, 4) is 0 Å². The summed E-state index contributed by atoms with van der Waals surface area (Å²) in [6.45, 7) is 0. The Bertz CT molecular complexity index is 616. The molecule has 1 aliphatic carbocycles. The van der Waals surface area contributed by atoms with Crippen LogP contribution in [0.25, 0.3) is 10.8 Å². The van der Waals surface area contributed by atoms with Crippen molar-refractivity contribution in [3.05, 3.63) is 47.8 Å². The van der Waals surface area contributed by atoms with Gasteiger partial charge < -0.3 is 10.5 Å². The smallest absolute Gasteiger partial charge is 0.131 e. The first-order valence-corrected chi connectivity index (χ1v) is 7.13. The van der Waals surface area contributed by atoms with Gasteiger partial charge in [-0.3, -0.25) is 0 Å². The molecule has 2 aromatic rings. The maximum absolute atomic E-state index is 13.8. The van der Waals surface area contributed by atoms with E-state index in [1.807, 2.05) is 24.3 Å². The molecule has 1 aliphatic rings. The second-order valence-corrected chi connectivity index (χ2v) is 5.73. The summed E-state index contributed by atoms with van der Waals surface area (Å²) in [7, 11) is 1.76. The molecule has 2 aromatic carbocycles. The van der Waals surface area contributed by atoms with E-state index >= 15 is 0 Å². The van der Waals surface area contributed by atoms with Crippen LogP contribution in [0.2, 0.25) is 0 Å². The largest absolute Gasteiger partial charge is 0.378 e. The van der Waals surface area contributed by atoms with Crippen LogP contribution >= 0.6 is 0 Å². The van der Waals surface area contributed by atoms with Gasteiger partial charge in [0.25, 0.3) is 0 Å². The third-order valence-electron chi connectivity index (χ3n) is 4.59. The molecule has 0 amide bonds. The van der Waals surface area contributed by atoms with Crippen LogP contribution < -0.4 is 5.73 Å². The lowest BCUT2D eigenvalue weighted by molar-refractivity contribution is -0.0816. The van der Waals surface area contributed by atoms with Gasteiger partial charge in [0.15, 0.2) is 0 Å². The van der Waals surface area contributed by atoms with Crippen LogP contribution in [0.4, 0.5) is 4.39 Å². The molecule has 1 saturated carbocycles. The lowest BCUT2D eigenvalue weighted by atomic mass is 9.74. The van der Waals surface area contributed by atoms with E-state index in [-0.39, 0.29) is 17.5 Å². The third-order valence-corrected chi connectivity index (χ3v) is 4.59. The zero-order chi connectivity index (χ0) is 14.2. The highest BCUT2D eigenvalue weighted by Gasteiger charge is 2.38. The number of rotatable bonds is 4. The predicted molar refractivity (Wildman–Crippen MR) is 79.0 cm³/mol. The minimum Gasteiger partial charge on any atom is -0.378 e. The number of hydrogen-bond acceptors (Lipinski definition) is 2. The van der Waals surface area contributed by atoms with E-state index in [1.54, 1.807) is 13.2 Å². The summed E-state index contributed by atoms with van der Waals surface area (Å²) >= 11 is 0. The van der Waals surface area contributed by atoms with Gasteiger partial charge in [0.1, 0.15) is 5.82 Å². The number of hydrogen-bond donors (Lipinski definition) is 1. The topological polar surface area (TPSA) is 35.2 Å². The number of fused-ring (bicyclic) bond motifs is 1. The van der Waals surface area contributed by atoms with E-state index in [1.165, 1.54) is 12.5 Å². The van der Waals surface area contributed by atoms with Gasteiger partial charge in [-0.25, -0.2) is 4.39 Å². The van der Waals surface area contributed by atoms with Gasteiger partial charge in [-0.1, -0.05) is 30.3 Å². The van der Waals surface area contributed by atoms with E-state index in [0.29, 0.717) is 5.39 Å². The molecule has 3 rings (SSSR count). The highest BCUT2D eigenvalue weighted by molar-refractivity contribution is 5.86. The summed E-state index contributed by atoms with van der Waals surface area (Å²) in [5.74, 6) is -0.193. The van der Waals surface area contributed by atoms with E-state index in [0.717, 1.165) is 30.2 Å². The highest BCUT2D eigenvalue weighted by atomic mass is 19.1. The molecule has 0 bridgehead atoms. The molecule has 0 saturated heterocycles. The lowest BCUT2D eigenvalue weighted by Crippen LogP contribution is -2.41. The Morgan fingerprint density at radius 2 is 1.90 bits per heavy atom. The molecule has 106 valence electrons. The Kier molecular flexibility index (Phi) is 3.48. The molecule has 1 unspecified atom stereocenters.